The molecule has 0 radical (unpaired) electrons. The van der Waals surface area contributed by atoms with E-state index in [1.807, 2.05) is 6.92 Å². The van der Waals surface area contributed by atoms with Gasteiger partial charge in [-0.1, -0.05) is 20.3 Å². The largest absolute Gasteiger partial charge is 0.480 e. The van der Waals surface area contributed by atoms with E-state index in [-0.39, 0.29) is 31.3 Å². The van der Waals surface area contributed by atoms with E-state index in [0.717, 1.165) is 4.90 Å². The summed E-state index contributed by atoms with van der Waals surface area (Å²) in [5, 5.41) is 14.6. The van der Waals surface area contributed by atoms with Crippen molar-refractivity contribution in [3.05, 3.63) is 0 Å². The number of hydrogen-bond donors (Lipinski definition) is 6. The number of rotatable bonds is 16. The number of aliphatic imine (C=N–C) groups is 1. The maximum Gasteiger partial charge on any atom is 0.326 e. The Morgan fingerprint density at radius 3 is 2.00 bits per heavy atom. The van der Waals surface area contributed by atoms with Gasteiger partial charge in [-0.2, -0.15) is 0 Å². The Bertz CT molecular complexity index is 755. The molecule has 0 aliphatic rings. The third-order valence-electron chi connectivity index (χ3n) is 5.58. The minimum atomic E-state index is -1.24. The molecule has 0 aliphatic carbocycles. The molecule has 0 aromatic carbocycles. The number of nitrogens with one attached hydrogen (secondary N) is 2. The van der Waals surface area contributed by atoms with Crippen molar-refractivity contribution in [3.63, 3.8) is 0 Å². The minimum absolute atomic E-state index is 0.0726. The van der Waals surface area contributed by atoms with Crippen molar-refractivity contribution in [2.24, 2.45) is 28.1 Å². The smallest absolute Gasteiger partial charge is 0.326 e. The number of carboxylic acids is 1. The van der Waals surface area contributed by atoms with Gasteiger partial charge in [0.1, 0.15) is 18.1 Å². The second kappa shape index (κ2) is 16.4. The molecule has 0 saturated heterocycles. The van der Waals surface area contributed by atoms with Crippen LogP contribution in [0.2, 0.25) is 0 Å². The fourth-order valence-electron chi connectivity index (χ4n) is 3.49. The first-order valence-corrected chi connectivity index (χ1v) is 11.8. The summed E-state index contributed by atoms with van der Waals surface area (Å²) in [5.74, 6) is -4.26. The lowest BCUT2D eigenvalue weighted by atomic mass is 9.96. The van der Waals surface area contributed by atoms with Gasteiger partial charge < -0.3 is 32.9 Å². The monoisotopic (exact) mass is 499 g/mol. The van der Waals surface area contributed by atoms with E-state index >= 15 is 0 Å². The van der Waals surface area contributed by atoms with Gasteiger partial charge in [-0.15, -0.1) is 0 Å². The molecule has 0 aliphatic heterocycles. The molecule has 9 N–H and O–H groups in total. The number of imide groups is 1. The summed E-state index contributed by atoms with van der Waals surface area (Å²) in [5.41, 5.74) is 16.0. The Hall–Kier alpha value is -3.22. The van der Waals surface area contributed by atoms with E-state index in [1.54, 1.807) is 6.92 Å². The number of hydrogen-bond acceptors (Lipinski definition) is 7. The third-order valence-corrected chi connectivity index (χ3v) is 5.58. The van der Waals surface area contributed by atoms with Crippen LogP contribution in [0, 0.1) is 5.92 Å². The molecule has 4 atom stereocenters. The van der Waals surface area contributed by atoms with E-state index in [9.17, 15) is 29.1 Å². The first-order valence-electron chi connectivity index (χ1n) is 11.8. The molecule has 13 heteroatoms. The molecule has 0 spiro atoms. The van der Waals surface area contributed by atoms with Gasteiger partial charge in [-0.05, 0) is 44.6 Å². The summed E-state index contributed by atoms with van der Waals surface area (Å²) in [7, 11) is 0. The van der Waals surface area contributed by atoms with Crippen molar-refractivity contribution >= 4 is 35.6 Å². The highest BCUT2D eigenvalue weighted by molar-refractivity contribution is 6.00. The highest BCUT2D eigenvalue weighted by atomic mass is 16.4. The van der Waals surface area contributed by atoms with Crippen molar-refractivity contribution in [3.8, 4) is 0 Å². The molecule has 0 saturated carbocycles. The topological polar surface area (TPSA) is 223 Å². The van der Waals surface area contributed by atoms with Crippen molar-refractivity contribution in [1.82, 2.24) is 15.5 Å². The normalized spacial score (nSPS) is 14.1. The van der Waals surface area contributed by atoms with Gasteiger partial charge in [0.05, 0.1) is 0 Å². The highest BCUT2D eigenvalue weighted by Crippen LogP contribution is 2.14. The Balaban J connectivity index is 5.67. The van der Waals surface area contributed by atoms with Crippen molar-refractivity contribution in [1.29, 1.82) is 0 Å². The summed E-state index contributed by atoms with van der Waals surface area (Å²) in [4.78, 5) is 66.7. The molecule has 0 aromatic rings. The van der Waals surface area contributed by atoms with Crippen LogP contribution in [0.1, 0.15) is 66.2 Å². The summed E-state index contributed by atoms with van der Waals surface area (Å²) >= 11 is 0. The fraction of sp³-hybridized carbons (Fsp3) is 0.727. The van der Waals surface area contributed by atoms with E-state index in [0.29, 0.717) is 32.2 Å². The number of nitrogens with two attached hydrogens (primary N) is 3. The van der Waals surface area contributed by atoms with E-state index in [1.165, 1.54) is 13.8 Å². The van der Waals surface area contributed by atoms with E-state index < -0.39 is 47.7 Å². The molecule has 35 heavy (non-hydrogen) atoms. The zero-order chi connectivity index (χ0) is 27.1. The standard InChI is InChI=1S/C22H41N7O6/c1-5-13(2)18(20(33)27-16(21(34)35)9-8-12-26-22(24)25)28-19(32)17(10-6-7-11-23)29(14(3)30)15(4)31/h13,16-18H,5-12,23H2,1-4H3,(H,27,33)(H,28,32)(H,34,35)(H4,24,25,26)/t13-,16-,17-,18-/m0/s1. The van der Waals surface area contributed by atoms with Gasteiger partial charge >= 0.3 is 5.97 Å². The lowest BCUT2D eigenvalue weighted by molar-refractivity contribution is -0.150. The number of amides is 4. The van der Waals surface area contributed by atoms with Crippen LogP contribution in [0.5, 0.6) is 0 Å². The van der Waals surface area contributed by atoms with Gasteiger partial charge in [0, 0.05) is 20.4 Å². The summed E-state index contributed by atoms with van der Waals surface area (Å²) in [6, 6.07) is -3.41. The SMILES string of the molecule is CC[C@H](C)[C@H](NC(=O)[C@H](CCCCN)N(C(C)=O)C(C)=O)C(=O)N[C@@H](CCCN=C(N)N)C(=O)O. The molecule has 0 heterocycles. The van der Waals surface area contributed by atoms with Crippen molar-refractivity contribution in [2.45, 2.75) is 84.3 Å². The van der Waals surface area contributed by atoms with Crippen LogP contribution in [0.3, 0.4) is 0 Å². The molecule has 200 valence electrons. The average Bonchev–Trinajstić information content (AvgIpc) is 2.77. The highest BCUT2D eigenvalue weighted by Gasteiger charge is 2.35. The second-order valence-electron chi connectivity index (χ2n) is 8.43. The number of guanidine groups is 1. The lowest BCUT2D eigenvalue weighted by Gasteiger charge is -2.31. The van der Waals surface area contributed by atoms with Crippen LogP contribution in [0.15, 0.2) is 4.99 Å². The summed E-state index contributed by atoms with van der Waals surface area (Å²) in [6.07, 6.45) is 2.14. The van der Waals surface area contributed by atoms with Crippen LogP contribution < -0.4 is 27.8 Å². The molecular formula is C22H41N7O6. The Morgan fingerprint density at radius 2 is 1.54 bits per heavy atom. The third kappa shape index (κ3) is 11.7. The molecule has 0 unspecified atom stereocenters. The summed E-state index contributed by atoms with van der Waals surface area (Å²) < 4.78 is 0. The predicted octanol–water partition coefficient (Wildman–Crippen LogP) is -0.967. The van der Waals surface area contributed by atoms with Gasteiger partial charge in [-0.3, -0.25) is 29.1 Å². The van der Waals surface area contributed by atoms with Gasteiger partial charge in [0.15, 0.2) is 5.96 Å². The molecule has 4 amide bonds. The molecule has 0 fully saturated rings. The van der Waals surface area contributed by atoms with Gasteiger partial charge in [0.2, 0.25) is 23.6 Å². The summed E-state index contributed by atoms with van der Waals surface area (Å²) in [6.45, 7) is 6.50. The van der Waals surface area contributed by atoms with Gasteiger partial charge in [0.25, 0.3) is 0 Å². The van der Waals surface area contributed by atoms with Gasteiger partial charge in [-0.25, -0.2) is 4.79 Å². The molecule has 0 bridgehead atoms. The Labute approximate surface area is 206 Å². The fourth-order valence-corrected chi connectivity index (χ4v) is 3.49. The first-order chi connectivity index (χ1) is 16.4. The van der Waals surface area contributed by atoms with Crippen LogP contribution in [0.25, 0.3) is 0 Å². The van der Waals surface area contributed by atoms with Crippen LogP contribution in [-0.2, 0) is 24.0 Å². The minimum Gasteiger partial charge on any atom is -0.480 e. The van der Waals surface area contributed by atoms with Crippen molar-refractivity contribution < 1.29 is 29.1 Å². The number of carbonyl (C=O) groups is 5. The second-order valence-corrected chi connectivity index (χ2v) is 8.43. The quantitative estimate of drug-likeness (QED) is 0.0871. The van der Waals surface area contributed by atoms with E-state index in [4.69, 9.17) is 17.2 Å². The van der Waals surface area contributed by atoms with Crippen molar-refractivity contribution in [2.75, 3.05) is 13.1 Å². The zero-order valence-corrected chi connectivity index (χ0v) is 21.1. The predicted molar refractivity (Wildman–Crippen MR) is 131 cm³/mol. The number of carbonyl (C=O) groups excluding carboxylic acids is 4. The molecule has 0 aromatic heterocycles. The van der Waals surface area contributed by atoms with Crippen LogP contribution in [0.4, 0.5) is 0 Å². The first kappa shape index (κ1) is 31.8. The number of nitrogens with zero attached hydrogens (tertiary/aromatic N) is 2. The molecular weight excluding hydrogens is 458 g/mol. The number of unbranched alkanes of at least 4 members (excludes halogenated alkanes) is 1. The average molecular weight is 500 g/mol. The Kier molecular flexibility index (Phi) is 14.9. The Morgan fingerprint density at radius 1 is 0.943 bits per heavy atom. The van der Waals surface area contributed by atoms with Crippen LogP contribution in [-0.4, -0.2) is 76.8 Å². The molecule has 0 rings (SSSR count). The maximum absolute atomic E-state index is 13.2. The zero-order valence-electron chi connectivity index (χ0n) is 21.1. The molecule has 13 nitrogen and oxygen atoms in total. The van der Waals surface area contributed by atoms with Crippen LogP contribution >= 0.6 is 0 Å². The number of aliphatic carboxylic acids is 1. The number of carboxylic acid groups (broad SMARTS) is 1. The maximum atomic E-state index is 13.2. The lowest BCUT2D eigenvalue weighted by Crippen LogP contribution is -2.58. The van der Waals surface area contributed by atoms with E-state index in [2.05, 4.69) is 15.6 Å².